The van der Waals surface area contributed by atoms with Crippen molar-refractivity contribution in [3.8, 4) is 0 Å². The van der Waals surface area contributed by atoms with E-state index in [1.54, 1.807) is 0 Å². The van der Waals surface area contributed by atoms with Crippen molar-refractivity contribution in [2.75, 3.05) is 6.26 Å². The Balaban J connectivity index is -0.000000264. The van der Waals surface area contributed by atoms with Crippen molar-refractivity contribution in [3.63, 3.8) is 0 Å². The number of hydrogen-bond donors (Lipinski definition) is 0. The fourth-order valence-electron chi connectivity index (χ4n) is 1.13. The van der Waals surface area contributed by atoms with E-state index >= 15 is 0 Å². The average Bonchev–Trinajstić information content (AvgIpc) is 2.49. The van der Waals surface area contributed by atoms with E-state index in [9.17, 15) is 0 Å². The van der Waals surface area contributed by atoms with Crippen LogP contribution in [-0.2, 0) is 21.5 Å². The zero-order valence-electron chi connectivity index (χ0n) is 13.9. The topological polar surface area (TPSA) is 120 Å². The van der Waals surface area contributed by atoms with Crippen molar-refractivity contribution in [2.45, 2.75) is 27.7 Å². The minimum absolute atomic E-state index is 0.604. The van der Waals surface area contributed by atoms with Crippen molar-refractivity contribution in [3.05, 3.63) is 48.5 Å². The first-order valence-corrected chi connectivity index (χ1v) is 9.63. The predicted octanol–water partition coefficient (Wildman–Crippen LogP) is 3.05. The normalized spacial score (nSPS) is 8.91. The van der Waals surface area contributed by atoms with Gasteiger partial charge in [-0.2, -0.15) is 0 Å². The summed E-state index contributed by atoms with van der Waals surface area (Å²) < 4.78 is 52.6. The first kappa shape index (κ1) is 26.6. The summed E-state index contributed by atoms with van der Waals surface area (Å²) in [5.41, 5.74) is 0. The Morgan fingerprint density at radius 2 is 0.913 bits per heavy atom. The lowest BCUT2D eigenvalue weighted by Gasteiger charge is -2.03. The van der Waals surface area contributed by atoms with Gasteiger partial charge in [0.1, 0.15) is 0 Å². The molecule has 0 fully saturated rings. The first-order valence-electron chi connectivity index (χ1n) is 6.81. The van der Waals surface area contributed by atoms with Crippen molar-refractivity contribution in [2.24, 2.45) is 0 Å². The van der Waals surface area contributed by atoms with Crippen LogP contribution < -0.4 is 0 Å². The molecule has 0 saturated heterocycles. The van der Waals surface area contributed by atoms with Gasteiger partial charge in [0.2, 0.25) is 0 Å². The molecule has 0 aliphatic rings. The Labute approximate surface area is 141 Å². The maximum Gasteiger partial charge on any atom is 0.0916 e. The zero-order valence-corrected chi connectivity index (χ0v) is 15.5. The molecule has 6 nitrogen and oxygen atoms in total. The van der Waals surface area contributed by atoms with Crippen LogP contribution in [0.15, 0.2) is 48.5 Å². The molecule has 0 aliphatic heterocycles. The summed E-state index contributed by atoms with van der Waals surface area (Å²) in [4.78, 5) is 0. The Morgan fingerprint density at radius 1 is 0.783 bits per heavy atom. The highest BCUT2D eigenvalue weighted by atomic mass is 32.2. The van der Waals surface area contributed by atoms with E-state index in [0.29, 0.717) is 6.26 Å². The second-order valence-electron chi connectivity index (χ2n) is 3.26. The van der Waals surface area contributed by atoms with Crippen LogP contribution in [0.2, 0.25) is 0 Å². The smallest absolute Gasteiger partial charge is 0.0916 e. The number of hydrogen-bond acceptors (Lipinski definition) is 6. The zero-order chi connectivity index (χ0) is 18.9. The van der Waals surface area contributed by atoms with Gasteiger partial charge in [0.05, 0.1) is 10.1 Å². The number of rotatable bonds is 0. The summed E-state index contributed by atoms with van der Waals surface area (Å²) in [5, 5.41) is 2.62. The highest BCUT2D eigenvalue weighted by Gasteiger charge is 1.85. The molecule has 0 radical (unpaired) electrons. The highest BCUT2D eigenvalue weighted by Crippen LogP contribution is 2.11. The Bertz CT molecular complexity index is 549. The lowest BCUT2D eigenvalue weighted by atomic mass is 10.1. The molecule has 0 N–H and O–H groups in total. The van der Waals surface area contributed by atoms with Crippen molar-refractivity contribution >= 4 is 32.3 Å². The molecule has 0 heterocycles. The monoisotopic (exact) mass is 363 g/mol. The average molecular weight is 363 g/mol. The summed E-state index contributed by atoms with van der Waals surface area (Å²) in [6.07, 6.45) is 0.604. The number of benzene rings is 2. The SMILES string of the molecule is CC.CC.CS(=O)(=O)[O-].O=S([O-])[O-].c1ccc2ccccc2c1. The lowest BCUT2D eigenvalue weighted by Crippen LogP contribution is -1.88. The van der Waals surface area contributed by atoms with Gasteiger partial charge in [0.25, 0.3) is 0 Å². The number of fused-ring (bicyclic) bond motifs is 1. The minimum Gasteiger partial charge on any atom is -0.784 e. The van der Waals surface area contributed by atoms with E-state index in [1.807, 2.05) is 27.7 Å². The summed E-state index contributed by atoms with van der Waals surface area (Å²) in [6, 6.07) is 16.7. The van der Waals surface area contributed by atoms with Crippen LogP contribution >= 0.6 is 0 Å². The van der Waals surface area contributed by atoms with Crippen LogP contribution in [0, 0.1) is 0 Å². The van der Waals surface area contributed by atoms with Gasteiger partial charge in [-0.3, -0.25) is 4.21 Å². The van der Waals surface area contributed by atoms with E-state index in [1.165, 1.54) is 10.8 Å². The van der Waals surface area contributed by atoms with Crippen LogP contribution in [0.3, 0.4) is 0 Å². The van der Waals surface area contributed by atoms with Crippen LogP contribution in [-0.4, -0.2) is 32.5 Å². The van der Waals surface area contributed by atoms with Gasteiger partial charge in [-0.15, -0.1) is 11.4 Å². The molecule has 2 rings (SSSR count). The Hall–Kier alpha value is -1.32. The fourth-order valence-corrected chi connectivity index (χ4v) is 1.13. The molecule has 0 amide bonds. The molecule has 0 unspecified atom stereocenters. The molecule has 0 aromatic heterocycles. The minimum atomic E-state index is -3.92. The second-order valence-corrected chi connectivity index (χ2v) is 5.07. The Morgan fingerprint density at radius 3 is 1.04 bits per heavy atom. The van der Waals surface area contributed by atoms with Gasteiger partial charge in [0, 0.05) is 6.26 Å². The molecule has 2 aromatic rings. The molecule has 0 atom stereocenters. The third-order valence-corrected chi connectivity index (χ3v) is 1.66. The molecule has 134 valence electrons. The quantitative estimate of drug-likeness (QED) is 0.524. The van der Waals surface area contributed by atoms with E-state index in [0.717, 1.165) is 0 Å². The molecule has 0 saturated carbocycles. The largest absolute Gasteiger partial charge is 0.784 e. The summed E-state index contributed by atoms with van der Waals surface area (Å²) >= 11 is -3.11. The molecule has 0 spiro atoms. The fraction of sp³-hybridized carbons (Fsp3) is 0.333. The third kappa shape index (κ3) is 25.9. The maximum atomic E-state index is 9.08. The molecular formula is C15H23O6S2-3. The van der Waals surface area contributed by atoms with Crippen LogP contribution in [0.25, 0.3) is 10.8 Å². The second kappa shape index (κ2) is 17.0. The first-order chi connectivity index (χ1) is 10.7. The maximum absolute atomic E-state index is 9.08. The van der Waals surface area contributed by atoms with Crippen molar-refractivity contribution in [1.82, 2.24) is 0 Å². The predicted molar refractivity (Wildman–Crippen MR) is 92.0 cm³/mol. The summed E-state index contributed by atoms with van der Waals surface area (Å²) in [7, 11) is -3.92. The molecule has 8 heteroatoms. The Kier molecular flexibility index (Phi) is 19.7. The van der Waals surface area contributed by atoms with E-state index < -0.39 is 21.5 Å². The van der Waals surface area contributed by atoms with Gasteiger partial charge < -0.3 is 13.7 Å². The molecule has 0 bridgehead atoms. The van der Waals surface area contributed by atoms with Crippen molar-refractivity contribution < 1.29 is 26.3 Å². The van der Waals surface area contributed by atoms with Gasteiger partial charge in [0.15, 0.2) is 0 Å². The standard InChI is InChI=1S/C10H8.2C2H6.CH4O3S.H2O3S/c1-2-6-10-8-4-3-7-9(10)5-1;2*1-2;1-5(2,3)4;1-4(2)3/h1-8H;2*1-2H3;1H3,(H,2,3,4);(H2,1,2,3)/p-3. The molecular weight excluding hydrogens is 340 g/mol. The van der Waals surface area contributed by atoms with Gasteiger partial charge in [-0.25, -0.2) is 8.42 Å². The molecule has 2 aromatic carbocycles. The van der Waals surface area contributed by atoms with E-state index in [-0.39, 0.29) is 0 Å². The summed E-state index contributed by atoms with van der Waals surface area (Å²) in [5.74, 6) is 0. The van der Waals surface area contributed by atoms with Gasteiger partial charge >= 0.3 is 0 Å². The third-order valence-electron chi connectivity index (χ3n) is 1.66. The van der Waals surface area contributed by atoms with Crippen LogP contribution in [0.4, 0.5) is 0 Å². The van der Waals surface area contributed by atoms with Crippen molar-refractivity contribution in [1.29, 1.82) is 0 Å². The molecule has 0 aliphatic carbocycles. The van der Waals surface area contributed by atoms with Crippen LogP contribution in [0.1, 0.15) is 27.7 Å². The highest BCUT2D eigenvalue weighted by molar-refractivity contribution is 7.84. The van der Waals surface area contributed by atoms with E-state index in [2.05, 4.69) is 48.5 Å². The summed E-state index contributed by atoms with van der Waals surface area (Å²) in [6.45, 7) is 8.00. The van der Waals surface area contributed by atoms with Crippen LogP contribution in [0.5, 0.6) is 0 Å². The lowest BCUT2D eigenvalue weighted by molar-refractivity contribution is 0.419. The molecule has 23 heavy (non-hydrogen) atoms. The van der Waals surface area contributed by atoms with Gasteiger partial charge in [-0.1, -0.05) is 76.2 Å². The van der Waals surface area contributed by atoms with Gasteiger partial charge in [-0.05, 0) is 10.8 Å². The van der Waals surface area contributed by atoms with E-state index in [4.69, 9.17) is 26.3 Å².